The highest BCUT2D eigenvalue weighted by Gasteiger charge is 2.37. The van der Waals surface area contributed by atoms with Gasteiger partial charge >= 0.3 is 5.97 Å². The fourth-order valence-corrected chi connectivity index (χ4v) is 1.04. The van der Waals surface area contributed by atoms with Crippen molar-refractivity contribution in [2.45, 2.75) is 32.2 Å². The Morgan fingerprint density at radius 2 is 2.00 bits per heavy atom. The van der Waals surface area contributed by atoms with E-state index in [1.54, 1.807) is 0 Å². The lowest BCUT2D eigenvalue weighted by atomic mass is 10.0. The predicted molar refractivity (Wildman–Crippen MR) is 58.5 cm³/mol. The van der Waals surface area contributed by atoms with Crippen LogP contribution in [0.25, 0.3) is 0 Å². The van der Waals surface area contributed by atoms with E-state index in [-0.39, 0.29) is 6.61 Å². The Bertz CT molecular complexity index is 343. The van der Waals surface area contributed by atoms with Crippen LogP contribution in [-0.2, 0) is 16.1 Å². The smallest absolute Gasteiger partial charge is 0.340 e. The summed E-state index contributed by atoms with van der Waals surface area (Å²) in [6.07, 6.45) is -1.17. The molecule has 0 spiro atoms. The fourth-order valence-electron chi connectivity index (χ4n) is 1.04. The number of hydrogen-bond acceptors (Lipinski definition) is 4. The van der Waals surface area contributed by atoms with Gasteiger partial charge in [0, 0.05) is 0 Å². The zero-order valence-electron chi connectivity index (χ0n) is 9.38. The Hall–Kier alpha value is -1.39. The maximum Gasteiger partial charge on any atom is 0.340 e. The number of aliphatic hydroxyl groups excluding tert-OH is 1. The second-order valence-electron chi connectivity index (χ2n) is 3.89. The zero-order valence-corrected chi connectivity index (χ0v) is 9.38. The van der Waals surface area contributed by atoms with Crippen molar-refractivity contribution < 1.29 is 19.7 Å². The standard InChI is InChI=1S/C12H16O4/c1-9(13)12(2,15)11(14)16-8-10-6-4-3-5-7-10/h3-7,9,13,15H,8H2,1-2H3/t9-,12+/m0/s1. The van der Waals surface area contributed by atoms with E-state index in [0.717, 1.165) is 5.56 Å². The van der Waals surface area contributed by atoms with Crippen molar-refractivity contribution in [2.24, 2.45) is 0 Å². The van der Waals surface area contributed by atoms with Gasteiger partial charge in [-0.05, 0) is 19.4 Å². The first-order chi connectivity index (χ1) is 7.44. The van der Waals surface area contributed by atoms with Crippen LogP contribution >= 0.6 is 0 Å². The lowest BCUT2D eigenvalue weighted by molar-refractivity contribution is -0.175. The summed E-state index contributed by atoms with van der Waals surface area (Å²) >= 11 is 0. The van der Waals surface area contributed by atoms with Gasteiger partial charge in [-0.25, -0.2) is 4.79 Å². The second kappa shape index (κ2) is 5.09. The number of carbonyl (C=O) groups is 1. The average molecular weight is 224 g/mol. The Labute approximate surface area is 94.5 Å². The maximum absolute atomic E-state index is 11.4. The highest BCUT2D eigenvalue weighted by Crippen LogP contribution is 2.13. The molecule has 16 heavy (non-hydrogen) atoms. The minimum atomic E-state index is -1.87. The van der Waals surface area contributed by atoms with Crippen LogP contribution in [0.3, 0.4) is 0 Å². The number of esters is 1. The Balaban J connectivity index is 2.54. The van der Waals surface area contributed by atoms with E-state index < -0.39 is 17.7 Å². The topological polar surface area (TPSA) is 66.8 Å². The van der Waals surface area contributed by atoms with Crippen molar-refractivity contribution >= 4 is 5.97 Å². The molecule has 1 rings (SSSR count). The molecule has 0 bridgehead atoms. The first-order valence-corrected chi connectivity index (χ1v) is 5.06. The molecular weight excluding hydrogens is 208 g/mol. The van der Waals surface area contributed by atoms with Gasteiger partial charge in [-0.2, -0.15) is 0 Å². The summed E-state index contributed by atoms with van der Waals surface area (Å²) in [5.41, 5.74) is -1.04. The molecule has 0 saturated carbocycles. The highest BCUT2D eigenvalue weighted by molar-refractivity contribution is 5.79. The van der Waals surface area contributed by atoms with Crippen LogP contribution in [0.1, 0.15) is 19.4 Å². The van der Waals surface area contributed by atoms with Crippen LogP contribution in [0.15, 0.2) is 30.3 Å². The largest absolute Gasteiger partial charge is 0.459 e. The Morgan fingerprint density at radius 3 is 2.50 bits per heavy atom. The van der Waals surface area contributed by atoms with Crippen LogP contribution in [0.5, 0.6) is 0 Å². The molecular formula is C12H16O4. The second-order valence-corrected chi connectivity index (χ2v) is 3.89. The molecule has 1 aromatic carbocycles. The van der Waals surface area contributed by atoms with Gasteiger partial charge in [0.2, 0.25) is 0 Å². The third kappa shape index (κ3) is 3.05. The molecule has 4 heteroatoms. The van der Waals surface area contributed by atoms with Crippen LogP contribution in [-0.4, -0.2) is 27.9 Å². The lowest BCUT2D eigenvalue weighted by Crippen LogP contribution is -2.46. The van der Waals surface area contributed by atoms with Gasteiger partial charge in [0.1, 0.15) is 6.61 Å². The molecule has 0 heterocycles. The van der Waals surface area contributed by atoms with Gasteiger partial charge in [-0.3, -0.25) is 0 Å². The normalized spacial score (nSPS) is 16.2. The minimum Gasteiger partial charge on any atom is -0.459 e. The Morgan fingerprint density at radius 1 is 1.44 bits per heavy atom. The van der Waals surface area contributed by atoms with Crippen molar-refractivity contribution in [1.82, 2.24) is 0 Å². The molecule has 0 aromatic heterocycles. The van der Waals surface area contributed by atoms with E-state index in [4.69, 9.17) is 4.74 Å². The third-order valence-electron chi connectivity index (χ3n) is 2.44. The zero-order chi connectivity index (χ0) is 12.2. The van der Waals surface area contributed by atoms with Crippen molar-refractivity contribution in [1.29, 1.82) is 0 Å². The molecule has 0 saturated heterocycles. The summed E-state index contributed by atoms with van der Waals surface area (Å²) in [5.74, 6) is -0.827. The van der Waals surface area contributed by atoms with Gasteiger partial charge in [0.25, 0.3) is 0 Å². The van der Waals surface area contributed by atoms with E-state index in [0.29, 0.717) is 0 Å². The fraction of sp³-hybridized carbons (Fsp3) is 0.417. The van der Waals surface area contributed by atoms with E-state index in [1.165, 1.54) is 13.8 Å². The average Bonchev–Trinajstić information content (AvgIpc) is 2.27. The molecule has 0 aliphatic heterocycles. The van der Waals surface area contributed by atoms with Crippen LogP contribution in [0, 0.1) is 0 Å². The number of benzene rings is 1. The van der Waals surface area contributed by atoms with Gasteiger partial charge < -0.3 is 14.9 Å². The molecule has 0 unspecified atom stereocenters. The number of hydrogen-bond donors (Lipinski definition) is 2. The number of aliphatic hydroxyl groups is 2. The third-order valence-corrected chi connectivity index (χ3v) is 2.44. The SMILES string of the molecule is C[C@H](O)[C@@](C)(O)C(=O)OCc1ccccc1. The van der Waals surface area contributed by atoms with Crippen molar-refractivity contribution in [3.8, 4) is 0 Å². The molecule has 0 radical (unpaired) electrons. The molecule has 1 aromatic rings. The number of rotatable bonds is 4. The predicted octanol–water partition coefficient (Wildman–Crippen LogP) is 0.862. The van der Waals surface area contributed by atoms with Crippen molar-refractivity contribution in [2.75, 3.05) is 0 Å². The molecule has 2 N–H and O–H groups in total. The molecule has 88 valence electrons. The van der Waals surface area contributed by atoms with Gasteiger partial charge in [0.05, 0.1) is 6.10 Å². The molecule has 2 atom stereocenters. The quantitative estimate of drug-likeness (QED) is 0.744. The first kappa shape index (κ1) is 12.7. The molecule has 0 fully saturated rings. The maximum atomic E-state index is 11.4. The van der Waals surface area contributed by atoms with E-state index in [9.17, 15) is 15.0 Å². The lowest BCUT2D eigenvalue weighted by Gasteiger charge is -2.23. The number of ether oxygens (including phenoxy) is 1. The molecule has 0 amide bonds. The van der Waals surface area contributed by atoms with Gasteiger partial charge in [-0.1, -0.05) is 30.3 Å². The summed E-state index contributed by atoms with van der Waals surface area (Å²) in [6, 6.07) is 9.14. The summed E-state index contributed by atoms with van der Waals surface area (Å²) in [5, 5.41) is 18.8. The van der Waals surface area contributed by atoms with E-state index >= 15 is 0 Å². The van der Waals surface area contributed by atoms with Crippen molar-refractivity contribution in [3.05, 3.63) is 35.9 Å². The Kier molecular flexibility index (Phi) is 4.04. The van der Waals surface area contributed by atoms with Crippen molar-refractivity contribution in [3.63, 3.8) is 0 Å². The number of carbonyl (C=O) groups excluding carboxylic acids is 1. The van der Waals surface area contributed by atoms with Gasteiger partial charge in [-0.15, -0.1) is 0 Å². The summed E-state index contributed by atoms with van der Waals surface area (Å²) < 4.78 is 4.91. The molecule has 0 aliphatic carbocycles. The summed E-state index contributed by atoms with van der Waals surface area (Å²) in [6.45, 7) is 2.65. The van der Waals surface area contributed by atoms with Crippen LogP contribution in [0.2, 0.25) is 0 Å². The molecule has 0 aliphatic rings. The van der Waals surface area contributed by atoms with Gasteiger partial charge in [0.15, 0.2) is 5.60 Å². The first-order valence-electron chi connectivity index (χ1n) is 5.06. The van der Waals surface area contributed by atoms with Crippen LogP contribution in [0.4, 0.5) is 0 Å². The van der Waals surface area contributed by atoms with E-state index in [1.807, 2.05) is 30.3 Å². The minimum absolute atomic E-state index is 0.0859. The summed E-state index contributed by atoms with van der Waals surface area (Å²) in [7, 11) is 0. The summed E-state index contributed by atoms with van der Waals surface area (Å²) in [4.78, 5) is 11.4. The van der Waals surface area contributed by atoms with E-state index in [2.05, 4.69) is 0 Å². The monoisotopic (exact) mass is 224 g/mol. The van der Waals surface area contributed by atoms with Crippen LogP contribution < -0.4 is 0 Å². The highest BCUT2D eigenvalue weighted by atomic mass is 16.6. The molecule has 4 nitrogen and oxygen atoms in total.